The number of nitrogens with zero attached hydrogens (tertiary/aromatic N) is 2. The number of imidazole rings is 1. The summed E-state index contributed by atoms with van der Waals surface area (Å²) in [5, 5.41) is 7.46. The molecule has 11 aromatic rings. The second-order valence-electron chi connectivity index (χ2n) is 14.7. The molecule has 0 saturated heterocycles. The minimum Gasteiger partial charge on any atom is -0.292 e. The Bertz CT molecular complexity index is 3250. The van der Waals surface area contributed by atoms with Gasteiger partial charge >= 0.3 is 0 Å². The van der Waals surface area contributed by atoms with Crippen LogP contribution in [-0.2, 0) is 0 Å². The van der Waals surface area contributed by atoms with Crippen molar-refractivity contribution in [2.24, 2.45) is 0 Å². The molecule has 0 spiro atoms. The normalized spacial score (nSPS) is 11.5. The van der Waals surface area contributed by atoms with Crippen molar-refractivity contribution in [3.05, 3.63) is 218 Å². The largest absolute Gasteiger partial charge is 0.292 e. The molecule has 1 heterocycles. The fraction of sp³-hybridized carbons (Fsp3) is 0. The third-order valence-electron chi connectivity index (χ3n) is 11.4. The average molecular weight is 725 g/mol. The van der Waals surface area contributed by atoms with E-state index in [1.165, 1.54) is 76.8 Å². The van der Waals surface area contributed by atoms with Crippen LogP contribution >= 0.6 is 0 Å². The van der Waals surface area contributed by atoms with Crippen LogP contribution in [0.1, 0.15) is 0 Å². The van der Waals surface area contributed by atoms with Crippen LogP contribution < -0.4 is 0 Å². The summed E-state index contributed by atoms with van der Waals surface area (Å²) in [4.78, 5) is 5.07. The average Bonchev–Trinajstić information content (AvgIpc) is 3.68. The van der Waals surface area contributed by atoms with E-state index in [4.69, 9.17) is 4.98 Å². The summed E-state index contributed by atoms with van der Waals surface area (Å²) in [5.74, 6) is 0.937. The highest BCUT2D eigenvalue weighted by atomic mass is 15.1. The Kier molecular flexibility index (Phi) is 7.86. The lowest BCUT2D eigenvalue weighted by atomic mass is 9.84. The summed E-state index contributed by atoms with van der Waals surface area (Å²) >= 11 is 0. The molecule has 0 unspecified atom stereocenters. The minimum atomic E-state index is 0.937. The number of aromatic nitrogens is 2. The molecule has 0 fully saturated rings. The van der Waals surface area contributed by atoms with Gasteiger partial charge in [-0.05, 0) is 119 Å². The van der Waals surface area contributed by atoms with Gasteiger partial charge in [-0.15, -0.1) is 0 Å². The third kappa shape index (κ3) is 5.70. The van der Waals surface area contributed by atoms with Gasteiger partial charge in [-0.25, -0.2) is 4.98 Å². The maximum Gasteiger partial charge on any atom is 0.145 e. The van der Waals surface area contributed by atoms with E-state index in [9.17, 15) is 0 Å². The van der Waals surface area contributed by atoms with Crippen LogP contribution in [0.5, 0.6) is 0 Å². The lowest BCUT2D eigenvalue weighted by molar-refractivity contribution is 1.10. The van der Waals surface area contributed by atoms with Gasteiger partial charge in [-0.1, -0.05) is 176 Å². The molecule has 2 nitrogen and oxygen atoms in total. The molecule has 0 aliphatic carbocycles. The van der Waals surface area contributed by atoms with E-state index >= 15 is 0 Å². The lowest BCUT2D eigenvalue weighted by Gasteiger charge is -2.20. The Morgan fingerprint density at radius 1 is 0.298 bits per heavy atom. The van der Waals surface area contributed by atoms with E-state index in [2.05, 4.69) is 217 Å². The SMILES string of the molecule is c1ccc(-c2c3ccc(-c4ccc5ccccc5c4)cc3c(-c3ccccc3)c3ccc(-c4ccc(-n5c(-c6ccccc6)nc6ccccc65)cc4)cc23)cc1. The fourth-order valence-corrected chi connectivity index (χ4v) is 8.66. The second kappa shape index (κ2) is 13.6. The summed E-state index contributed by atoms with van der Waals surface area (Å²) in [5.41, 5.74) is 13.9. The molecule has 10 aromatic carbocycles. The van der Waals surface area contributed by atoms with Crippen molar-refractivity contribution in [1.29, 1.82) is 0 Å². The monoisotopic (exact) mass is 724 g/mol. The quantitative estimate of drug-likeness (QED) is 0.156. The molecule has 2 heteroatoms. The van der Waals surface area contributed by atoms with Crippen molar-refractivity contribution in [2.45, 2.75) is 0 Å². The molecule has 0 aliphatic rings. The molecule has 0 N–H and O–H groups in total. The molecule has 11 rings (SSSR count). The fourth-order valence-electron chi connectivity index (χ4n) is 8.66. The number of hydrogen-bond acceptors (Lipinski definition) is 1. The van der Waals surface area contributed by atoms with Gasteiger partial charge in [-0.3, -0.25) is 4.57 Å². The minimum absolute atomic E-state index is 0.937. The number of rotatable bonds is 6. The summed E-state index contributed by atoms with van der Waals surface area (Å²) in [6, 6.07) is 79.0. The Morgan fingerprint density at radius 2 is 0.772 bits per heavy atom. The van der Waals surface area contributed by atoms with Crippen LogP contribution in [-0.4, -0.2) is 9.55 Å². The lowest BCUT2D eigenvalue weighted by Crippen LogP contribution is -1.97. The van der Waals surface area contributed by atoms with Crippen molar-refractivity contribution in [1.82, 2.24) is 9.55 Å². The summed E-state index contributed by atoms with van der Waals surface area (Å²) in [6.45, 7) is 0. The van der Waals surface area contributed by atoms with Crippen LogP contribution in [0.4, 0.5) is 0 Å². The van der Waals surface area contributed by atoms with Crippen molar-refractivity contribution in [2.75, 3.05) is 0 Å². The topological polar surface area (TPSA) is 17.8 Å². The maximum absolute atomic E-state index is 5.07. The zero-order chi connectivity index (χ0) is 37.7. The highest BCUT2D eigenvalue weighted by Crippen LogP contribution is 2.46. The molecule has 0 bridgehead atoms. The zero-order valence-electron chi connectivity index (χ0n) is 31.2. The first-order valence-corrected chi connectivity index (χ1v) is 19.5. The van der Waals surface area contributed by atoms with E-state index < -0.39 is 0 Å². The third-order valence-corrected chi connectivity index (χ3v) is 11.4. The predicted molar refractivity (Wildman–Crippen MR) is 241 cm³/mol. The molecule has 57 heavy (non-hydrogen) atoms. The number of fused-ring (bicyclic) bond motifs is 4. The van der Waals surface area contributed by atoms with Crippen molar-refractivity contribution >= 4 is 43.4 Å². The van der Waals surface area contributed by atoms with Gasteiger partial charge in [0, 0.05) is 11.3 Å². The van der Waals surface area contributed by atoms with Gasteiger partial charge in [0.15, 0.2) is 0 Å². The molecule has 1 aromatic heterocycles. The Labute approximate surface area is 331 Å². The Balaban J connectivity index is 1.11. The van der Waals surface area contributed by atoms with E-state index in [1.54, 1.807) is 0 Å². The first kappa shape index (κ1) is 32.8. The standard InChI is InChI=1S/C55H36N2/c1-4-15-39(16-5-1)53-48-33-29-45(43-25-24-37-14-10-11-21-42(37)34-43)36-50(48)54(40-17-6-2-7-18-40)47-32-28-44(35-49(47)53)38-26-30-46(31-27-38)57-52-23-13-12-22-51(52)56-55(57)41-19-8-3-9-20-41/h1-36H. The summed E-state index contributed by atoms with van der Waals surface area (Å²) in [6.07, 6.45) is 0. The second-order valence-corrected chi connectivity index (χ2v) is 14.7. The zero-order valence-corrected chi connectivity index (χ0v) is 31.2. The summed E-state index contributed by atoms with van der Waals surface area (Å²) < 4.78 is 2.27. The molecule has 0 amide bonds. The van der Waals surface area contributed by atoms with Gasteiger partial charge in [0.1, 0.15) is 5.82 Å². The van der Waals surface area contributed by atoms with Crippen molar-refractivity contribution in [3.63, 3.8) is 0 Å². The molecule has 0 atom stereocenters. The van der Waals surface area contributed by atoms with Crippen LogP contribution in [0.25, 0.3) is 105 Å². The highest BCUT2D eigenvalue weighted by molar-refractivity contribution is 6.22. The van der Waals surface area contributed by atoms with Gasteiger partial charge < -0.3 is 0 Å². The highest BCUT2D eigenvalue weighted by Gasteiger charge is 2.19. The van der Waals surface area contributed by atoms with Crippen molar-refractivity contribution in [3.8, 4) is 61.6 Å². The molecule has 0 saturated carbocycles. The van der Waals surface area contributed by atoms with Crippen molar-refractivity contribution < 1.29 is 0 Å². The van der Waals surface area contributed by atoms with Gasteiger partial charge in [0.2, 0.25) is 0 Å². The van der Waals surface area contributed by atoms with Gasteiger partial charge in [0.05, 0.1) is 11.0 Å². The Hall–Kier alpha value is -7.55. The first-order chi connectivity index (χ1) is 28.3. The van der Waals surface area contributed by atoms with Gasteiger partial charge in [0.25, 0.3) is 0 Å². The number of benzene rings is 10. The molecular weight excluding hydrogens is 689 g/mol. The molecule has 266 valence electrons. The molecule has 0 radical (unpaired) electrons. The number of hydrogen-bond donors (Lipinski definition) is 0. The maximum atomic E-state index is 5.07. The van der Waals surface area contributed by atoms with Crippen LogP contribution in [0.3, 0.4) is 0 Å². The first-order valence-electron chi connectivity index (χ1n) is 19.5. The van der Waals surface area contributed by atoms with E-state index in [-0.39, 0.29) is 0 Å². The van der Waals surface area contributed by atoms with E-state index in [1.807, 2.05) is 6.07 Å². The number of para-hydroxylation sites is 2. The Morgan fingerprint density at radius 3 is 1.40 bits per heavy atom. The van der Waals surface area contributed by atoms with Gasteiger partial charge in [-0.2, -0.15) is 0 Å². The molecule has 0 aliphatic heterocycles. The van der Waals surface area contributed by atoms with Crippen LogP contribution in [0, 0.1) is 0 Å². The summed E-state index contributed by atoms with van der Waals surface area (Å²) in [7, 11) is 0. The van der Waals surface area contributed by atoms with Crippen LogP contribution in [0.2, 0.25) is 0 Å². The predicted octanol–water partition coefficient (Wildman–Crippen LogP) is 14.8. The smallest absolute Gasteiger partial charge is 0.145 e. The van der Waals surface area contributed by atoms with E-state index in [0.29, 0.717) is 0 Å². The van der Waals surface area contributed by atoms with E-state index in [0.717, 1.165) is 28.1 Å². The van der Waals surface area contributed by atoms with Crippen LogP contribution in [0.15, 0.2) is 218 Å². The molecular formula is C55H36N2.